The molecule has 0 bridgehead atoms. The molecule has 0 unspecified atom stereocenters. The zero-order valence-electron chi connectivity index (χ0n) is 42.1. The molecule has 65 heavy (non-hydrogen) atoms. The summed E-state index contributed by atoms with van der Waals surface area (Å²) in [6.07, 6.45) is 29.7. The van der Waals surface area contributed by atoms with E-state index in [0.717, 1.165) is 82.6 Å². The largest absolute Gasteiger partial charge is 0.490 e. The molecule has 0 fully saturated rings. The van der Waals surface area contributed by atoms with Crippen LogP contribution in [0.5, 0.6) is 23.0 Å². The molecule has 9 heteroatoms. The lowest BCUT2D eigenvalue weighted by molar-refractivity contribution is 0.113. The van der Waals surface area contributed by atoms with Crippen molar-refractivity contribution in [3.63, 3.8) is 0 Å². The lowest BCUT2D eigenvalue weighted by Crippen LogP contribution is -2.13. The van der Waals surface area contributed by atoms with Gasteiger partial charge in [-0.2, -0.15) is 10.2 Å². The number of aryl methyl sites for hydroxylation is 2. The van der Waals surface area contributed by atoms with E-state index < -0.39 is 0 Å². The fraction of sp³-hybridized carbons (Fsp3) is 0.679. The zero-order chi connectivity index (χ0) is 46.2. The Morgan fingerprint density at radius 2 is 0.662 bits per heavy atom. The highest BCUT2D eigenvalue weighted by Gasteiger charge is 2.15. The highest BCUT2D eigenvalue weighted by molar-refractivity contribution is 5.65. The summed E-state index contributed by atoms with van der Waals surface area (Å²) in [6, 6.07) is 16.9. The van der Waals surface area contributed by atoms with Crippen molar-refractivity contribution in [2.24, 2.45) is 0 Å². The molecule has 0 atom stereocenters. The smallest absolute Gasteiger partial charge is 0.161 e. The van der Waals surface area contributed by atoms with E-state index in [-0.39, 0.29) is 0 Å². The second-order valence-corrected chi connectivity index (χ2v) is 18.2. The number of ether oxygens (including phenoxy) is 5. The summed E-state index contributed by atoms with van der Waals surface area (Å²) in [7, 11) is 0. The van der Waals surface area contributed by atoms with Crippen molar-refractivity contribution in [2.45, 2.75) is 209 Å². The zero-order valence-corrected chi connectivity index (χ0v) is 42.1. The summed E-state index contributed by atoms with van der Waals surface area (Å²) in [6.45, 7) is 18.6. The highest BCUT2D eigenvalue weighted by Crippen LogP contribution is 2.35. The molecule has 4 aromatic rings. The van der Waals surface area contributed by atoms with Crippen LogP contribution in [-0.2, 0) is 17.8 Å². The topological polar surface area (TPSA) is 81.8 Å². The fourth-order valence-electron chi connectivity index (χ4n) is 8.22. The Morgan fingerprint density at radius 1 is 0.354 bits per heavy atom. The average Bonchev–Trinajstić information content (AvgIpc) is 3.88. The Morgan fingerprint density at radius 3 is 1.00 bits per heavy atom. The van der Waals surface area contributed by atoms with Gasteiger partial charge in [-0.1, -0.05) is 156 Å². The lowest BCUT2D eigenvalue weighted by Gasteiger charge is -2.14. The predicted octanol–water partition coefficient (Wildman–Crippen LogP) is 15.7. The molecule has 0 aliphatic heterocycles. The maximum Gasteiger partial charge on any atom is 0.161 e. The first-order valence-electron chi connectivity index (χ1n) is 26.4. The third kappa shape index (κ3) is 21.0. The van der Waals surface area contributed by atoms with Crippen LogP contribution in [0.1, 0.15) is 193 Å². The molecule has 0 N–H and O–H groups in total. The second-order valence-electron chi connectivity index (χ2n) is 18.2. The van der Waals surface area contributed by atoms with Crippen molar-refractivity contribution in [3.8, 4) is 45.5 Å². The number of hydrogen-bond acceptors (Lipinski definition) is 7. The van der Waals surface area contributed by atoms with E-state index in [2.05, 4.69) is 90.1 Å². The van der Waals surface area contributed by atoms with E-state index in [0.29, 0.717) is 52.7 Å². The van der Waals surface area contributed by atoms with Gasteiger partial charge in [0, 0.05) is 22.5 Å². The van der Waals surface area contributed by atoms with Crippen LogP contribution in [0.4, 0.5) is 0 Å². The van der Waals surface area contributed by atoms with Gasteiger partial charge in [0.2, 0.25) is 0 Å². The summed E-state index contributed by atoms with van der Waals surface area (Å²) >= 11 is 0. The first kappa shape index (κ1) is 53.6. The monoisotopic (exact) mass is 899 g/mol. The molecule has 0 amide bonds. The normalized spacial score (nSPS) is 11.4. The van der Waals surface area contributed by atoms with Crippen LogP contribution in [0.15, 0.2) is 48.5 Å². The molecule has 4 rings (SSSR count). The molecule has 0 saturated heterocycles. The van der Waals surface area contributed by atoms with Crippen LogP contribution in [0.2, 0.25) is 0 Å². The number of unbranched alkanes of at least 4 members (excludes halogenated alkanes) is 20. The van der Waals surface area contributed by atoms with E-state index in [1.165, 1.54) is 128 Å². The Labute approximate surface area is 395 Å². The van der Waals surface area contributed by atoms with Crippen LogP contribution >= 0.6 is 0 Å². The van der Waals surface area contributed by atoms with E-state index in [4.69, 9.17) is 33.9 Å². The maximum absolute atomic E-state index is 6.39. The van der Waals surface area contributed by atoms with Gasteiger partial charge in [-0.25, -0.2) is 0 Å². The first-order chi connectivity index (χ1) is 32.0. The van der Waals surface area contributed by atoms with Crippen molar-refractivity contribution in [2.75, 3.05) is 39.6 Å². The number of aromatic nitrogens is 4. The van der Waals surface area contributed by atoms with Crippen LogP contribution in [-0.4, -0.2) is 59.2 Å². The summed E-state index contributed by atoms with van der Waals surface area (Å²) in [4.78, 5) is 0. The fourth-order valence-corrected chi connectivity index (χ4v) is 8.22. The molecule has 0 aliphatic carbocycles. The molecule has 0 saturated carbocycles. The molecule has 2 heterocycles. The van der Waals surface area contributed by atoms with Crippen LogP contribution < -0.4 is 18.9 Å². The summed E-state index contributed by atoms with van der Waals surface area (Å²) in [5, 5.41) is 9.99. The summed E-state index contributed by atoms with van der Waals surface area (Å²) < 4.78 is 35.6. The van der Waals surface area contributed by atoms with E-state index in [1.807, 2.05) is 9.36 Å². The van der Waals surface area contributed by atoms with Crippen molar-refractivity contribution < 1.29 is 23.7 Å². The van der Waals surface area contributed by atoms with Gasteiger partial charge in [0.05, 0.1) is 64.1 Å². The molecule has 0 spiro atoms. The number of nitrogens with zero attached hydrogens (tertiary/aromatic N) is 4. The Balaban J connectivity index is 1.30. The van der Waals surface area contributed by atoms with Crippen molar-refractivity contribution >= 4 is 0 Å². The van der Waals surface area contributed by atoms with Gasteiger partial charge >= 0.3 is 0 Å². The molecule has 364 valence electrons. The number of rotatable bonds is 40. The minimum absolute atomic E-state index is 0.562. The first-order valence-corrected chi connectivity index (χ1v) is 26.4. The Bertz CT molecular complexity index is 1690. The van der Waals surface area contributed by atoms with E-state index in [1.54, 1.807) is 0 Å². The van der Waals surface area contributed by atoms with Crippen LogP contribution in [0.3, 0.4) is 0 Å². The second kappa shape index (κ2) is 33.5. The van der Waals surface area contributed by atoms with Crippen molar-refractivity contribution in [1.82, 2.24) is 19.6 Å². The molecule has 9 nitrogen and oxygen atoms in total. The summed E-state index contributed by atoms with van der Waals surface area (Å²) in [5.41, 5.74) is 6.14. The molecule has 2 aromatic heterocycles. The maximum atomic E-state index is 6.39. The molecular formula is C56H90N4O5. The lowest BCUT2D eigenvalue weighted by atomic mass is 10.1. The van der Waals surface area contributed by atoms with Gasteiger partial charge in [0.1, 0.15) is 0 Å². The molecule has 2 aromatic carbocycles. The number of hydrogen-bond donors (Lipinski definition) is 0. The Kier molecular flexibility index (Phi) is 27.6. The van der Waals surface area contributed by atoms with Gasteiger partial charge in [-0.15, -0.1) is 0 Å². The predicted molar refractivity (Wildman–Crippen MR) is 271 cm³/mol. The van der Waals surface area contributed by atoms with Crippen LogP contribution in [0, 0.1) is 13.8 Å². The van der Waals surface area contributed by atoms with Crippen molar-refractivity contribution in [1.29, 1.82) is 0 Å². The molecule has 0 aliphatic rings. The van der Waals surface area contributed by atoms with Gasteiger partial charge in [0.15, 0.2) is 23.0 Å². The van der Waals surface area contributed by atoms with Gasteiger partial charge in [0.25, 0.3) is 0 Å². The van der Waals surface area contributed by atoms with E-state index in [9.17, 15) is 0 Å². The minimum Gasteiger partial charge on any atom is -0.490 e. The quantitative estimate of drug-likeness (QED) is 0.0411. The van der Waals surface area contributed by atoms with Gasteiger partial charge in [-0.05, 0) is 88.1 Å². The SMILES string of the molecule is CCCCCCCCOc1ccc(-c2cc(C)n(CCOCCn3nc(-c4ccc(OCCCCCCCC)c(OCCCCCCCC)c4)cc3C)n2)cc1OCCCCCCCC. The van der Waals surface area contributed by atoms with Gasteiger partial charge < -0.3 is 23.7 Å². The highest BCUT2D eigenvalue weighted by atomic mass is 16.5. The standard InChI is InChI=1S/C56H90N4O5/c1-7-11-15-19-23-27-37-62-53-33-31-49(45-55(53)64-39-29-25-21-17-13-9-3)51-43-47(5)59(57-51)35-41-61-42-36-60-48(6)44-52(58-60)50-32-34-54(63-38-28-24-20-16-12-8-2)56(46-50)65-40-30-26-22-18-14-10-4/h31-34,43-46H,7-30,35-42H2,1-6H3. The molecular weight excluding hydrogens is 809 g/mol. The third-order valence-electron chi connectivity index (χ3n) is 12.4. The number of benzene rings is 2. The third-order valence-corrected chi connectivity index (χ3v) is 12.4. The van der Waals surface area contributed by atoms with Crippen LogP contribution in [0.25, 0.3) is 22.5 Å². The van der Waals surface area contributed by atoms with Gasteiger partial charge in [-0.3, -0.25) is 9.36 Å². The molecule has 0 radical (unpaired) electrons. The average molecular weight is 899 g/mol. The Hall–Kier alpha value is -3.98. The summed E-state index contributed by atoms with van der Waals surface area (Å²) in [5.74, 6) is 3.29. The van der Waals surface area contributed by atoms with Crippen molar-refractivity contribution in [3.05, 3.63) is 59.9 Å². The minimum atomic E-state index is 0.562. The van der Waals surface area contributed by atoms with E-state index >= 15 is 0 Å².